The third-order valence-electron chi connectivity index (χ3n) is 3.95. The molecule has 2 nitrogen and oxygen atoms in total. The number of nitrogens with zero attached hydrogens (tertiary/aromatic N) is 1. The Morgan fingerprint density at radius 1 is 1.14 bits per heavy atom. The van der Waals surface area contributed by atoms with E-state index >= 15 is 0 Å². The Hall–Kier alpha value is -2.55. The van der Waals surface area contributed by atoms with E-state index in [-0.39, 0.29) is 5.82 Å². The van der Waals surface area contributed by atoms with Gasteiger partial charge >= 0.3 is 0 Å². The van der Waals surface area contributed by atoms with Crippen LogP contribution < -0.4 is 0 Å². The van der Waals surface area contributed by atoms with Gasteiger partial charge in [0.2, 0.25) is 0 Å². The standard InChI is InChI=1S/C18H14FNO/c1-20-11-14(18-15(19)3-2-4-16(18)20)10-12-5-6-17-13(9-12)7-8-21-17/h2-9,11H,10H2,1H3. The second-order valence-electron chi connectivity index (χ2n) is 5.37. The number of furan rings is 1. The topological polar surface area (TPSA) is 18.1 Å². The lowest BCUT2D eigenvalue weighted by molar-refractivity contribution is 0.616. The zero-order valence-corrected chi connectivity index (χ0v) is 11.6. The maximum Gasteiger partial charge on any atom is 0.133 e. The van der Waals surface area contributed by atoms with Gasteiger partial charge in [-0.15, -0.1) is 0 Å². The highest BCUT2D eigenvalue weighted by molar-refractivity contribution is 5.85. The molecule has 0 spiro atoms. The molecule has 104 valence electrons. The first-order chi connectivity index (χ1) is 10.2. The monoisotopic (exact) mass is 279 g/mol. The van der Waals surface area contributed by atoms with Crippen LogP contribution in [-0.2, 0) is 13.5 Å². The number of aryl methyl sites for hydroxylation is 1. The molecule has 4 rings (SSSR count). The molecular formula is C18H14FNO. The number of hydrogen-bond donors (Lipinski definition) is 0. The first-order valence-corrected chi connectivity index (χ1v) is 6.91. The summed E-state index contributed by atoms with van der Waals surface area (Å²) in [4.78, 5) is 0. The Kier molecular flexibility index (Phi) is 2.61. The van der Waals surface area contributed by atoms with Gasteiger partial charge in [0.15, 0.2) is 0 Å². The zero-order chi connectivity index (χ0) is 14.4. The van der Waals surface area contributed by atoms with Crippen LogP contribution in [0.3, 0.4) is 0 Å². The van der Waals surface area contributed by atoms with E-state index in [1.807, 2.05) is 42.1 Å². The van der Waals surface area contributed by atoms with Crippen molar-refractivity contribution in [2.45, 2.75) is 6.42 Å². The van der Waals surface area contributed by atoms with Gasteiger partial charge in [-0.25, -0.2) is 4.39 Å². The molecule has 2 aromatic carbocycles. The molecule has 21 heavy (non-hydrogen) atoms. The fourth-order valence-electron chi connectivity index (χ4n) is 2.97. The molecule has 4 aromatic rings. The van der Waals surface area contributed by atoms with Crippen LogP contribution in [0, 0.1) is 5.82 Å². The summed E-state index contributed by atoms with van der Waals surface area (Å²) in [5, 5.41) is 1.79. The molecule has 0 unspecified atom stereocenters. The van der Waals surface area contributed by atoms with Crippen molar-refractivity contribution in [3.63, 3.8) is 0 Å². The van der Waals surface area contributed by atoms with Gasteiger partial charge in [0.1, 0.15) is 11.4 Å². The van der Waals surface area contributed by atoms with Crippen LogP contribution in [0.5, 0.6) is 0 Å². The average molecular weight is 279 g/mol. The molecule has 0 radical (unpaired) electrons. The summed E-state index contributed by atoms with van der Waals surface area (Å²) in [7, 11) is 1.95. The van der Waals surface area contributed by atoms with Gasteiger partial charge in [-0.1, -0.05) is 12.1 Å². The van der Waals surface area contributed by atoms with Gasteiger partial charge in [0.25, 0.3) is 0 Å². The highest BCUT2D eigenvalue weighted by atomic mass is 19.1. The Labute approximate surface area is 121 Å². The Bertz CT molecular complexity index is 948. The predicted octanol–water partition coefficient (Wildman–Crippen LogP) is 4.65. The highest BCUT2D eigenvalue weighted by Crippen LogP contribution is 2.27. The van der Waals surface area contributed by atoms with Crippen molar-refractivity contribution in [1.82, 2.24) is 4.57 Å². The van der Waals surface area contributed by atoms with Gasteiger partial charge in [-0.05, 0) is 47.9 Å². The lowest BCUT2D eigenvalue weighted by atomic mass is 10.0. The molecule has 0 saturated heterocycles. The first-order valence-electron chi connectivity index (χ1n) is 6.91. The van der Waals surface area contributed by atoms with E-state index in [0.29, 0.717) is 11.8 Å². The van der Waals surface area contributed by atoms with Crippen molar-refractivity contribution in [3.8, 4) is 0 Å². The molecule has 0 saturated carbocycles. The molecule has 0 aliphatic heterocycles. The lowest BCUT2D eigenvalue weighted by Gasteiger charge is -2.01. The zero-order valence-electron chi connectivity index (χ0n) is 11.6. The predicted molar refractivity (Wildman–Crippen MR) is 81.9 cm³/mol. The molecule has 0 amide bonds. The van der Waals surface area contributed by atoms with Gasteiger partial charge in [-0.3, -0.25) is 0 Å². The Morgan fingerprint density at radius 3 is 2.95 bits per heavy atom. The van der Waals surface area contributed by atoms with Crippen LogP contribution in [0.25, 0.3) is 21.9 Å². The quantitative estimate of drug-likeness (QED) is 0.522. The van der Waals surface area contributed by atoms with Crippen LogP contribution >= 0.6 is 0 Å². The molecule has 0 fully saturated rings. The third-order valence-corrected chi connectivity index (χ3v) is 3.95. The van der Waals surface area contributed by atoms with Crippen LogP contribution in [0.2, 0.25) is 0 Å². The number of fused-ring (bicyclic) bond motifs is 2. The van der Waals surface area contributed by atoms with Crippen molar-refractivity contribution in [2.24, 2.45) is 7.05 Å². The summed E-state index contributed by atoms with van der Waals surface area (Å²) in [6.45, 7) is 0. The van der Waals surface area contributed by atoms with Crippen LogP contribution in [0.1, 0.15) is 11.1 Å². The van der Waals surface area contributed by atoms with E-state index in [0.717, 1.165) is 27.6 Å². The molecule has 2 aromatic heterocycles. The van der Waals surface area contributed by atoms with Gasteiger partial charge in [-0.2, -0.15) is 0 Å². The minimum Gasteiger partial charge on any atom is -0.464 e. The highest BCUT2D eigenvalue weighted by Gasteiger charge is 2.11. The van der Waals surface area contributed by atoms with E-state index in [1.165, 1.54) is 6.07 Å². The van der Waals surface area contributed by atoms with Crippen molar-refractivity contribution in [2.75, 3.05) is 0 Å². The van der Waals surface area contributed by atoms with Gasteiger partial charge in [0.05, 0.1) is 11.8 Å². The molecule has 0 atom stereocenters. The van der Waals surface area contributed by atoms with E-state index < -0.39 is 0 Å². The fraction of sp³-hybridized carbons (Fsp3) is 0.111. The van der Waals surface area contributed by atoms with Crippen molar-refractivity contribution >= 4 is 21.9 Å². The molecule has 0 aliphatic carbocycles. The van der Waals surface area contributed by atoms with E-state index in [2.05, 4.69) is 6.07 Å². The van der Waals surface area contributed by atoms with Gasteiger partial charge < -0.3 is 8.98 Å². The van der Waals surface area contributed by atoms with Crippen molar-refractivity contribution in [1.29, 1.82) is 0 Å². The summed E-state index contributed by atoms with van der Waals surface area (Å²) in [5.41, 5.74) is 3.96. The van der Waals surface area contributed by atoms with Crippen molar-refractivity contribution < 1.29 is 8.81 Å². The molecule has 3 heteroatoms. The second kappa shape index (κ2) is 4.48. The molecule has 0 N–H and O–H groups in total. The fourth-order valence-corrected chi connectivity index (χ4v) is 2.97. The largest absolute Gasteiger partial charge is 0.464 e. The van der Waals surface area contributed by atoms with Gasteiger partial charge in [0, 0.05) is 24.0 Å². The molecule has 0 bridgehead atoms. The summed E-state index contributed by atoms with van der Waals surface area (Å²) in [6, 6.07) is 13.3. The summed E-state index contributed by atoms with van der Waals surface area (Å²) in [5.74, 6) is -0.160. The minimum atomic E-state index is -0.160. The number of hydrogen-bond acceptors (Lipinski definition) is 1. The molecule has 2 heterocycles. The number of benzene rings is 2. The summed E-state index contributed by atoms with van der Waals surface area (Å²) < 4.78 is 21.5. The SMILES string of the molecule is Cn1cc(Cc2ccc3occc3c2)c2c(F)cccc21. The van der Waals surface area contributed by atoms with E-state index in [9.17, 15) is 4.39 Å². The van der Waals surface area contributed by atoms with Crippen LogP contribution in [-0.4, -0.2) is 4.57 Å². The average Bonchev–Trinajstić information content (AvgIpc) is 3.05. The lowest BCUT2D eigenvalue weighted by Crippen LogP contribution is -1.88. The summed E-state index contributed by atoms with van der Waals surface area (Å²) >= 11 is 0. The van der Waals surface area contributed by atoms with E-state index in [1.54, 1.807) is 12.3 Å². The van der Waals surface area contributed by atoms with Crippen LogP contribution in [0.15, 0.2) is 59.3 Å². The molecular weight excluding hydrogens is 265 g/mol. The maximum absolute atomic E-state index is 14.1. The van der Waals surface area contributed by atoms with Crippen molar-refractivity contribution in [3.05, 3.63) is 71.9 Å². The Morgan fingerprint density at radius 2 is 2.05 bits per heavy atom. The number of aromatic nitrogens is 1. The minimum absolute atomic E-state index is 0.160. The summed E-state index contributed by atoms with van der Waals surface area (Å²) in [6.07, 6.45) is 4.40. The Balaban J connectivity index is 1.83. The number of halogens is 1. The number of rotatable bonds is 2. The first kappa shape index (κ1) is 12.2. The van der Waals surface area contributed by atoms with E-state index in [4.69, 9.17) is 4.42 Å². The second-order valence-corrected chi connectivity index (χ2v) is 5.37. The molecule has 0 aliphatic rings. The maximum atomic E-state index is 14.1. The van der Waals surface area contributed by atoms with Crippen LogP contribution in [0.4, 0.5) is 4.39 Å². The smallest absolute Gasteiger partial charge is 0.133 e. The normalized spacial score (nSPS) is 11.5. The third kappa shape index (κ3) is 1.93.